The van der Waals surface area contributed by atoms with Crippen LogP contribution < -0.4 is 5.32 Å². The van der Waals surface area contributed by atoms with Crippen LogP contribution in [0.5, 0.6) is 0 Å². The average Bonchev–Trinajstić information content (AvgIpc) is 2.34. The Morgan fingerprint density at radius 2 is 2.33 bits per heavy atom. The SMILES string of the molecule is CC(C)N1CCC(NC(=O)O)C1. The zero-order valence-electron chi connectivity index (χ0n) is 7.58. The van der Waals surface area contributed by atoms with Crippen molar-refractivity contribution >= 4 is 6.09 Å². The van der Waals surface area contributed by atoms with Crippen molar-refractivity contribution in [2.45, 2.75) is 32.4 Å². The molecule has 70 valence electrons. The third-order valence-corrected chi connectivity index (χ3v) is 2.28. The predicted octanol–water partition coefficient (Wildman–Crippen LogP) is 0.737. The van der Waals surface area contributed by atoms with Gasteiger partial charge < -0.3 is 10.4 Å². The fourth-order valence-corrected chi connectivity index (χ4v) is 1.55. The lowest BCUT2D eigenvalue weighted by Crippen LogP contribution is -2.37. The van der Waals surface area contributed by atoms with Gasteiger partial charge >= 0.3 is 6.09 Å². The van der Waals surface area contributed by atoms with Gasteiger partial charge in [-0.3, -0.25) is 4.90 Å². The Labute approximate surface area is 72.6 Å². The molecule has 1 atom stereocenters. The Balaban J connectivity index is 2.30. The molecule has 1 amide bonds. The number of carbonyl (C=O) groups is 1. The van der Waals surface area contributed by atoms with Crippen molar-refractivity contribution in [3.05, 3.63) is 0 Å². The normalized spacial score (nSPS) is 24.8. The highest BCUT2D eigenvalue weighted by Gasteiger charge is 2.24. The lowest BCUT2D eigenvalue weighted by molar-refractivity contribution is 0.188. The van der Waals surface area contributed by atoms with E-state index < -0.39 is 6.09 Å². The first kappa shape index (κ1) is 9.32. The van der Waals surface area contributed by atoms with Crippen LogP contribution in [-0.4, -0.2) is 41.3 Å². The molecule has 0 aliphatic carbocycles. The maximum absolute atomic E-state index is 10.3. The van der Waals surface area contributed by atoms with Crippen molar-refractivity contribution in [2.75, 3.05) is 13.1 Å². The molecule has 12 heavy (non-hydrogen) atoms. The van der Waals surface area contributed by atoms with Crippen molar-refractivity contribution in [1.29, 1.82) is 0 Å². The smallest absolute Gasteiger partial charge is 0.404 e. The highest BCUT2D eigenvalue weighted by atomic mass is 16.4. The van der Waals surface area contributed by atoms with Gasteiger partial charge in [0.05, 0.1) is 0 Å². The molecule has 0 saturated carbocycles. The molecule has 1 fully saturated rings. The summed E-state index contributed by atoms with van der Waals surface area (Å²) in [5.41, 5.74) is 0. The number of nitrogens with one attached hydrogen (secondary N) is 1. The fraction of sp³-hybridized carbons (Fsp3) is 0.875. The number of hydrogen-bond acceptors (Lipinski definition) is 2. The Bertz CT molecular complexity index is 170. The summed E-state index contributed by atoms with van der Waals surface area (Å²) >= 11 is 0. The minimum Gasteiger partial charge on any atom is -0.465 e. The van der Waals surface area contributed by atoms with Gasteiger partial charge in [-0.05, 0) is 20.3 Å². The molecule has 0 spiro atoms. The van der Waals surface area contributed by atoms with Gasteiger partial charge in [0, 0.05) is 25.2 Å². The highest BCUT2D eigenvalue weighted by Crippen LogP contribution is 2.11. The van der Waals surface area contributed by atoms with E-state index in [1.165, 1.54) is 0 Å². The third-order valence-electron chi connectivity index (χ3n) is 2.28. The van der Waals surface area contributed by atoms with Crippen molar-refractivity contribution in [1.82, 2.24) is 10.2 Å². The zero-order chi connectivity index (χ0) is 9.14. The van der Waals surface area contributed by atoms with Crippen molar-refractivity contribution in [3.63, 3.8) is 0 Å². The van der Waals surface area contributed by atoms with Gasteiger partial charge in [0.1, 0.15) is 0 Å². The van der Waals surface area contributed by atoms with Crippen LogP contribution >= 0.6 is 0 Å². The van der Waals surface area contributed by atoms with E-state index in [1.807, 2.05) is 0 Å². The van der Waals surface area contributed by atoms with Crippen LogP contribution in [0.15, 0.2) is 0 Å². The van der Waals surface area contributed by atoms with Crippen LogP contribution in [0, 0.1) is 0 Å². The summed E-state index contributed by atoms with van der Waals surface area (Å²) in [5, 5.41) is 11.0. The molecule has 2 N–H and O–H groups in total. The quantitative estimate of drug-likeness (QED) is 0.646. The Morgan fingerprint density at radius 3 is 2.75 bits per heavy atom. The van der Waals surface area contributed by atoms with E-state index in [0.717, 1.165) is 19.5 Å². The Morgan fingerprint density at radius 1 is 1.67 bits per heavy atom. The second-order valence-electron chi connectivity index (χ2n) is 3.52. The van der Waals surface area contributed by atoms with E-state index in [1.54, 1.807) is 0 Å². The molecule has 4 heteroatoms. The predicted molar refractivity (Wildman–Crippen MR) is 46.3 cm³/mol. The lowest BCUT2D eigenvalue weighted by Gasteiger charge is -2.19. The molecule has 4 nitrogen and oxygen atoms in total. The molecule has 0 radical (unpaired) electrons. The number of amides is 1. The van der Waals surface area contributed by atoms with Gasteiger partial charge in [-0.2, -0.15) is 0 Å². The van der Waals surface area contributed by atoms with Gasteiger partial charge in [0.25, 0.3) is 0 Å². The first-order valence-corrected chi connectivity index (χ1v) is 4.33. The number of hydrogen-bond donors (Lipinski definition) is 2. The summed E-state index contributed by atoms with van der Waals surface area (Å²) < 4.78 is 0. The maximum Gasteiger partial charge on any atom is 0.404 e. The molecule has 1 rings (SSSR count). The van der Waals surface area contributed by atoms with E-state index in [9.17, 15) is 4.79 Å². The van der Waals surface area contributed by atoms with Crippen LogP contribution in [0.3, 0.4) is 0 Å². The lowest BCUT2D eigenvalue weighted by atomic mass is 10.3. The van der Waals surface area contributed by atoms with E-state index in [4.69, 9.17) is 5.11 Å². The van der Waals surface area contributed by atoms with Crippen molar-refractivity contribution in [3.8, 4) is 0 Å². The summed E-state index contributed by atoms with van der Waals surface area (Å²) in [4.78, 5) is 12.6. The van der Waals surface area contributed by atoms with E-state index in [-0.39, 0.29) is 6.04 Å². The zero-order valence-corrected chi connectivity index (χ0v) is 7.58. The van der Waals surface area contributed by atoms with Crippen LogP contribution in [0.25, 0.3) is 0 Å². The first-order chi connectivity index (χ1) is 5.59. The Hall–Kier alpha value is -0.770. The number of carboxylic acid groups (broad SMARTS) is 1. The minimum absolute atomic E-state index is 0.130. The van der Waals surface area contributed by atoms with Crippen LogP contribution in [0.2, 0.25) is 0 Å². The van der Waals surface area contributed by atoms with Crippen LogP contribution in [-0.2, 0) is 0 Å². The minimum atomic E-state index is -0.911. The highest BCUT2D eigenvalue weighted by molar-refractivity contribution is 5.64. The average molecular weight is 172 g/mol. The molecule has 1 heterocycles. The van der Waals surface area contributed by atoms with E-state index in [2.05, 4.69) is 24.1 Å². The molecule has 1 unspecified atom stereocenters. The fourth-order valence-electron chi connectivity index (χ4n) is 1.55. The summed E-state index contributed by atoms with van der Waals surface area (Å²) in [6.07, 6.45) is 0.0235. The van der Waals surface area contributed by atoms with Crippen molar-refractivity contribution < 1.29 is 9.90 Å². The molecule has 0 aromatic carbocycles. The topological polar surface area (TPSA) is 52.6 Å². The summed E-state index contributed by atoms with van der Waals surface area (Å²) in [7, 11) is 0. The number of nitrogens with zero attached hydrogens (tertiary/aromatic N) is 1. The van der Waals surface area contributed by atoms with Gasteiger partial charge in [0.2, 0.25) is 0 Å². The standard InChI is InChI=1S/C8H16N2O2/c1-6(2)10-4-3-7(5-10)9-8(11)12/h6-7,9H,3-5H2,1-2H3,(H,11,12). The second-order valence-corrected chi connectivity index (χ2v) is 3.52. The molecular formula is C8H16N2O2. The Kier molecular flexibility index (Phi) is 2.92. The van der Waals surface area contributed by atoms with Crippen molar-refractivity contribution in [2.24, 2.45) is 0 Å². The summed E-state index contributed by atoms with van der Waals surface area (Å²) in [6.45, 7) is 6.11. The molecule has 0 aromatic heterocycles. The van der Waals surface area contributed by atoms with Gasteiger partial charge in [-0.1, -0.05) is 0 Å². The molecule has 1 saturated heterocycles. The number of rotatable bonds is 2. The van der Waals surface area contributed by atoms with Gasteiger partial charge in [-0.15, -0.1) is 0 Å². The van der Waals surface area contributed by atoms with E-state index >= 15 is 0 Å². The van der Waals surface area contributed by atoms with Gasteiger partial charge in [-0.25, -0.2) is 4.79 Å². The summed E-state index contributed by atoms with van der Waals surface area (Å²) in [5.74, 6) is 0. The largest absolute Gasteiger partial charge is 0.465 e. The molecular weight excluding hydrogens is 156 g/mol. The maximum atomic E-state index is 10.3. The second kappa shape index (κ2) is 3.76. The summed E-state index contributed by atoms with van der Waals surface area (Å²) in [6, 6.07) is 0.649. The molecule has 0 bridgehead atoms. The first-order valence-electron chi connectivity index (χ1n) is 4.33. The third kappa shape index (κ3) is 2.37. The molecule has 1 aliphatic heterocycles. The van der Waals surface area contributed by atoms with E-state index in [0.29, 0.717) is 6.04 Å². The monoisotopic (exact) mass is 172 g/mol. The number of likely N-dealkylation sites (tertiary alicyclic amines) is 1. The van der Waals surface area contributed by atoms with Crippen LogP contribution in [0.1, 0.15) is 20.3 Å². The van der Waals surface area contributed by atoms with Crippen LogP contribution in [0.4, 0.5) is 4.79 Å². The molecule has 0 aromatic rings. The van der Waals surface area contributed by atoms with Gasteiger partial charge in [0.15, 0.2) is 0 Å². The molecule has 1 aliphatic rings.